The van der Waals surface area contributed by atoms with Gasteiger partial charge in [0.15, 0.2) is 0 Å². The first-order valence-corrected chi connectivity index (χ1v) is 2.74. The fraction of sp³-hybridized carbons (Fsp3) is 0.667. The number of nitrogens with two attached hydrogens (primary N) is 1. The zero-order valence-corrected chi connectivity index (χ0v) is 5.05. The van der Waals surface area contributed by atoms with Crippen molar-refractivity contribution >= 4 is 0 Å². The molecule has 0 spiro atoms. The maximum Gasteiger partial charge on any atom is 0.125 e. The smallest absolute Gasteiger partial charge is 0.125 e. The van der Waals surface area contributed by atoms with E-state index >= 15 is 0 Å². The third kappa shape index (κ3) is 1.42. The number of ether oxygens (including phenoxy) is 1. The average Bonchev–Trinajstić information content (AvgIpc) is 1.79. The van der Waals surface area contributed by atoms with Gasteiger partial charge in [0.2, 0.25) is 0 Å². The minimum Gasteiger partial charge on any atom is -0.384 e. The molecule has 0 aromatic heterocycles. The van der Waals surface area contributed by atoms with Crippen LogP contribution in [0.25, 0.3) is 0 Å². The van der Waals surface area contributed by atoms with Crippen molar-refractivity contribution in [1.29, 1.82) is 0 Å². The van der Waals surface area contributed by atoms with Gasteiger partial charge in [0, 0.05) is 0 Å². The van der Waals surface area contributed by atoms with E-state index in [1.165, 1.54) is 0 Å². The second-order valence-electron chi connectivity index (χ2n) is 2.11. The molecule has 0 aromatic rings. The van der Waals surface area contributed by atoms with Crippen LogP contribution in [0.15, 0.2) is 0 Å². The quantitative estimate of drug-likeness (QED) is 0.398. The van der Waals surface area contributed by atoms with E-state index in [9.17, 15) is 0 Å². The maximum absolute atomic E-state index is 8.28. The number of hydrogen-bond acceptors (Lipinski definition) is 3. The van der Waals surface area contributed by atoms with Crippen molar-refractivity contribution in [2.45, 2.75) is 5.54 Å². The zero-order valence-electron chi connectivity index (χ0n) is 5.05. The minimum atomic E-state index is -0.470. The molecule has 1 saturated heterocycles. The largest absolute Gasteiger partial charge is 0.384 e. The molecule has 0 atom stereocenters. The summed E-state index contributed by atoms with van der Waals surface area (Å²) in [7, 11) is 0. The summed E-state index contributed by atoms with van der Waals surface area (Å²) in [5.74, 6) is 5.19. The van der Waals surface area contributed by atoms with Crippen LogP contribution in [-0.2, 0) is 4.74 Å². The number of rotatable bonds is 0. The summed E-state index contributed by atoms with van der Waals surface area (Å²) >= 11 is 0. The molecule has 3 nitrogen and oxygen atoms in total. The first kappa shape index (κ1) is 6.56. The van der Waals surface area contributed by atoms with Gasteiger partial charge in [-0.25, -0.2) is 0 Å². The summed E-state index contributed by atoms with van der Waals surface area (Å²) in [5.41, 5.74) is 5.11. The first-order chi connectivity index (χ1) is 4.27. The van der Waals surface area contributed by atoms with Crippen LogP contribution >= 0.6 is 0 Å². The third-order valence-corrected chi connectivity index (χ3v) is 1.14. The molecule has 0 aliphatic carbocycles. The second-order valence-corrected chi connectivity index (χ2v) is 2.11. The van der Waals surface area contributed by atoms with Crippen molar-refractivity contribution in [1.82, 2.24) is 0 Å². The monoisotopic (exact) mass is 127 g/mol. The van der Waals surface area contributed by atoms with E-state index < -0.39 is 5.54 Å². The number of aliphatic hydroxyl groups is 1. The van der Waals surface area contributed by atoms with Crippen LogP contribution in [-0.4, -0.2) is 30.5 Å². The van der Waals surface area contributed by atoms with Crippen molar-refractivity contribution in [3.05, 3.63) is 0 Å². The Kier molecular flexibility index (Phi) is 1.72. The zero-order chi connectivity index (χ0) is 6.74. The molecule has 0 amide bonds. The Labute approximate surface area is 53.8 Å². The predicted octanol–water partition coefficient (Wildman–Crippen LogP) is -1.29. The van der Waals surface area contributed by atoms with Crippen LogP contribution < -0.4 is 5.73 Å². The lowest BCUT2D eigenvalue weighted by molar-refractivity contribution is -0.0229. The fourth-order valence-electron chi connectivity index (χ4n) is 0.610. The van der Waals surface area contributed by atoms with E-state index in [0.29, 0.717) is 13.2 Å². The molecule has 0 unspecified atom stereocenters. The summed E-state index contributed by atoms with van der Waals surface area (Å²) in [6.45, 7) is 0.846. The van der Waals surface area contributed by atoms with Gasteiger partial charge < -0.3 is 15.6 Å². The van der Waals surface area contributed by atoms with Crippen LogP contribution in [0, 0.1) is 11.8 Å². The molecule has 50 valence electrons. The van der Waals surface area contributed by atoms with Gasteiger partial charge in [-0.1, -0.05) is 11.8 Å². The fourth-order valence-corrected chi connectivity index (χ4v) is 0.610. The Hall–Kier alpha value is -0.560. The lowest BCUT2D eigenvalue weighted by atomic mass is 10.0. The van der Waals surface area contributed by atoms with Crippen molar-refractivity contribution in [2.24, 2.45) is 5.73 Å². The summed E-state index contributed by atoms with van der Waals surface area (Å²) in [4.78, 5) is 0. The third-order valence-electron chi connectivity index (χ3n) is 1.14. The molecular weight excluding hydrogens is 118 g/mol. The molecule has 1 aliphatic rings. The molecular formula is C6H9NO2. The van der Waals surface area contributed by atoms with Gasteiger partial charge in [-0.15, -0.1) is 0 Å². The molecule has 0 radical (unpaired) electrons. The molecule has 0 aromatic carbocycles. The van der Waals surface area contributed by atoms with Crippen LogP contribution in [0.4, 0.5) is 0 Å². The lowest BCUT2D eigenvalue weighted by Crippen LogP contribution is -2.56. The Balaban J connectivity index is 2.41. The number of aliphatic hydroxyl groups excluding tert-OH is 1. The molecule has 1 heterocycles. The summed E-state index contributed by atoms with van der Waals surface area (Å²) in [6.07, 6.45) is 0. The van der Waals surface area contributed by atoms with Crippen LogP contribution in [0.1, 0.15) is 0 Å². The molecule has 1 rings (SSSR count). The van der Waals surface area contributed by atoms with Crippen molar-refractivity contribution in [2.75, 3.05) is 19.8 Å². The molecule has 0 saturated carbocycles. The van der Waals surface area contributed by atoms with Crippen LogP contribution in [0.5, 0.6) is 0 Å². The second kappa shape index (κ2) is 2.36. The Bertz CT molecular complexity index is 152. The molecule has 9 heavy (non-hydrogen) atoms. The van der Waals surface area contributed by atoms with Gasteiger partial charge in [-0.3, -0.25) is 0 Å². The lowest BCUT2D eigenvalue weighted by Gasteiger charge is -2.32. The van der Waals surface area contributed by atoms with Gasteiger partial charge in [-0.05, 0) is 0 Å². The molecule has 3 N–H and O–H groups in total. The van der Waals surface area contributed by atoms with Crippen LogP contribution in [0.3, 0.4) is 0 Å². The first-order valence-electron chi connectivity index (χ1n) is 2.74. The highest BCUT2D eigenvalue weighted by Crippen LogP contribution is 2.10. The minimum absolute atomic E-state index is 0.126. The van der Waals surface area contributed by atoms with E-state index in [1.807, 2.05) is 0 Å². The van der Waals surface area contributed by atoms with E-state index in [4.69, 9.17) is 15.6 Å². The van der Waals surface area contributed by atoms with Crippen molar-refractivity contribution < 1.29 is 9.84 Å². The standard InChI is InChI=1S/C6H9NO2/c7-6(2-1-3-8)4-9-5-6/h8H,3-5,7H2. The van der Waals surface area contributed by atoms with Gasteiger partial charge in [0.05, 0.1) is 13.2 Å². The Morgan fingerprint density at radius 2 is 2.33 bits per heavy atom. The molecule has 1 fully saturated rings. The van der Waals surface area contributed by atoms with Crippen molar-refractivity contribution in [3.63, 3.8) is 0 Å². The normalized spacial score (nSPS) is 21.6. The van der Waals surface area contributed by atoms with E-state index in [0.717, 1.165) is 0 Å². The Morgan fingerprint density at radius 3 is 2.67 bits per heavy atom. The van der Waals surface area contributed by atoms with Gasteiger partial charge >= 0.3 is 0 Å². The predicted molar refractivity (Wildman–Crippen MR) is 32.6 cm³/mol. The average molecular weight is 127 g/mol. The highest BCUT2D eigenvalue weighted by atomic mass is 16.5. The number of hydrogen-bond donors (Lipinski definition) is 2. The van der Waals surface area contributed by atoms with E-state index in [2.05, 4.69) is 11.8 Å². The molecule has 0 bridgehead atoms. The summed E-state index contributed by atoms with van der Waals surface area (Å²) in [6, 6.07) is 0. The summed E-state index contributed by atoms with van der Waals surface area (Å²) in [5, 5.41) is 8.28. The van der Waals surface area contributed by atoms with Crippen LogP contribution in [0.2, 0.25) is 0 Å². The highest BCUT2D eigenvalue weighted by molar-refractivity contribution is 5.20. The molecule has 3 heteroatoms. The van der Waals surface area contributed by atoms with E-state index in [-0.39, 0.29) is 6.61 Å². The molecule has 1 aliphatic heterocycles. The Morgan fingerprint density at radius 1 is 1.67 bits per heavy atom. The highest BCUT2D eigenvalue weighted by Gasteiger charge is 2.31. The summed E-state index contributed by atoms with van der Waals surface area (Å²) < 4.78 is 4.83. The van der Waals surface area contributed by atoms with E-state index in [1.54, 1.807) is 0 Å². The van der Waals surface area contributed by atoms with Gasteiger partial charge in [0.25, 0.3) is 0 Å². The van der Waals surface area contributed by atoms with Gasteiger partial charge in [0.1, 0.15) is 12.1 Å². The van der Waals surface area contributed by atoms with Crippen molar-refractivity contribution in [3.8, 4) is 11.8 Å². The SMILES string of the molecule is NC1(C#CCO)COC1. The maximum atomic E-state index is 8.28. The topological polar surface area (TPSA) is 55.5 Å². The van der Waals surface area contributed by atoms with Gasteiger partial charge in [-0.2, -0.15) is 0 Å².